The smallest absolute Gasteiger partial charge is 0.242 e. The molecule has 1 heterocycles. The minimum absolute atomic E-state index is 0.209. The maximum absolute atomic E-state index is 12.6. The van der Waals surface area contributed by atoms with Crippen molar-refractivity contribution in [2.24, 2.45) is 5.92 Å². The van der Waals surface area contributed by atoms with Crippen LogP contribution in [-0.4, -0.2) is 36.4 Å². The molecule has 0 saturated heterocycles. The summed E-state index contributed by atoms with van der Waals surface area (Å²) in [5.41, 5.74) is 4.29. The van der Waals surface area contributed by atoms with E-state index in [0.29, 0.717) is 18.0 Å². The van der Waals surface area contributed by atoms with Crippen molar-refractivity contribution >= 4 is 21.1 Å². The van der Waals surface area contributed by atoms with Crippen LogP contribution in [0.4, 0.5) is 0 Å². The molecule has 0 bridgehead atoms. The van der Waals surface area contributed by atoms with E-state index in [0.717, 1.165) is 30.7 Å². The van der Waals surface area contributed by atoms with E-state index in [1.165, 1.54) is 15.4 Å². The van der Waals surface area contributed by atoms with Crippen molar-refractivity contribution in [1.82, 2.24) is 19.2 Å². The number of nitrogens with one attached hydrogen (secondary N) is 1. The van der Waals surface area contributed by atoms with Crippen molar-refractivity contribution in [3.8, 4) is 0 Å². The van der Waals surface area contributed by atoms with E-state index in [1.807, 2.05) is 6.07 Å². The number of imidazole rings is 1. The normalized spacial score (nSPS) is 13.4. The van der Waals surface area contributed by atoms with Gasteiger partial charge in [0.2, 0.25) is 10.0 Å². The van der Waals surface area contributed by atoms with Crippen molar-refractivity contribution in [2.45, 2.75) is 64.6 Å². The first-order chi connectivity index (χ1) is 15.2. The lowest BCUT2D eigenvalue weighted by atomic mass is 9.95. The highest BCUT2D eigenvalue weighted by Gasteiger charge is 2.21. The van der Waals surface area contributed by atoms with Gasteiger partial charge in [0.25, 0.3) is 0 Å². The van der Waals surface area contributed by atoms with Crippen molar-refractivity contribution in [2.75, 3.05) is 14.1 Å². The van der Waals surface area contributed by atoms with Gasteiger partial charge in [-0.1, -0.05) is 52.0 Å². The first-order valence-electron chi connectivity index (χ1n) is 11.4. The number of aromatic nitrogens is 2. The number of aryl methyl sites for hydroxylation is 2. The largest absolute Gasteiger partial charge is 0.327 e. The van der Waals surface area contributed by atoms with Crippen LogP contribution in [0.5, 0.6) is 0 Å². The Balaban J connectivity index is 1.93. The molecule has 0 fully saturated rings. The van der Waals surface area contributed by atoms with Gasteiger partial charge >= 0.3 is 0 Å². The van der Waals surface area contributed by atoms with Gasteiger partial charge in [-0.3, -0.25) is 0 Å². The second kappa shape index (κ2) is 10.1. The van der Waals surface area contributed by atoms with Gasteiger partial charge in [0.1, 0.15) is 5.82 Å². The maximum atomic E-state index is 12.6. The van der Waals surface area contributed by atoms with E-state index < -0.39 is 10.0 Å². The Morgan fingerprint density at radius 3 is 2.31 bits per heavy atom. The fraction of sp³-hybridized carbons (Fsp3) is 0.480. The van der Waals surface area contributed by atoms with Crippen molar-refractivity contribution in [1.29, 1.82) is 0 Å². The molecule has 2 aromatic carbocycles. The summed E-state index contributed by atoms with van der Waals surface area (Å²) in [5.74, 6) is 1.35. The third-order valence-corrected chi connectivity index (χ3v) is 7.73. The summed E-state index contributed by atoms with van der Waals surface area (Å²) < 4.78 is 28.6. The SMILES string of the molecule is CCCn1c(CNC(c2ccc(CC)cc2)C(C)C)nc2cc(S(=O)(=O)N(C)C)ccc21. The number of nitrogens with zero attached hydrogens (tertiary/aromatic N) is 3. The maximum Gasteiger partial charge on any atom is 0.242 e. The first kappa shape index (κ1) is 24.4. The van der Waals surface area contributed by atoms with Gasteiger partial charge < -0.3 is 9.88 Å². The van der Waals surface area contributed by atoms with Crippen LogP contribution in [0.1, 0.15) is 57.1 Å². The third-order valence-electron chi connectivity index (χ3n) is 5.92. The molecule has 0 saturated carbocycles. The number of hydrogen-bond acceptors (Lipinski definition) is 4. The first-order valence-corrected chi connectivity index (χ1v) is 12.9. The molecule has 1 atom stereocenters. The Hall–Kier alpha value is -2.22. The van der Waals surface area contributed by atoms with Crippen LogP contribution in [0, 0.1) is 5.92 Å². The van der Waals surface area contributed by atoms with Crippen molar-refractivity contribution in [3.63, 3.8) is 0 Å². The summed E-state index contributed by atoms with van der Waals surface area (Å²) in [6, 6.07) is 14.3. The summed E-state index contributed by atoms with van der Waals surface area (Å²) in [4.78, 5) is 5.10. The van der Waals surface area contributed by atoms with Gasteiger partial charge in [0.05, 0.1) is 22.5 Å². The Labute approximate surface area is 192 Å². The Kier molecular flexibility index (Phi) is 7.75. The van der Waals surface area contributed by atoms with Gasteiger partial charge in [-0.15, -0.1) is 0 Å². The predicted octanol–water partition coefficient (Wildman–Crippen LogP) is 4.75. The number of fused-ring (bicyclic) bond motifs is 1. The van der Waals surface area contributed by atoms with Gasteiger partial charge in [0, 0.05) is 26.7 Å². The third kappa shape index (κ3) is 5.05. The van der Waals surface area contributed by atoms with Gasteiger partial charge in [-0.05, 0) is 48.1 Å². The molecule has 1 aromatic heterocycles. The van der Waals surface area contributed by atoms with Crippen LogP contribution in [0.3, 0.4) is 0 Å². The van der Waals surface area contributed by atoms with Gasteiger partial charge in [0.15, 0.2) is 0 Å². The molecule has 0 aliphatic carbocycles. The predicted molar refractivity (Wildman–Crippen MR) is 131 cm³/mol. The number of benzene rings is 2. The van der Waals surface area contributed by atoms with E-state index in [1.54, 1.807) is 26.2 Å². The van der Waals surface area contributed by atoms with Gasteiger partial charge in [-0.2, -0.15) is 0 Å². The summed E-state index contributed by atoms with van der Waals surface area (Å²) in [7, 11) is -0.404. The topological polar surface area (TPSA) is 67.2 Å². The number of sulfonamides is 1. The minimum Gasteiger partial charge on any atom is -0.327 e. The molecule has 1 N–H and O–H groups in total. The molecule has 6 nitrogen and oxygen atoms in total. The molecule has 7 heteroatoms. The number of hydrogen-bond donors (Lipinski definition) is 1. The average molecular weight is 457 g/mol. The van der Waals surface area contributed by atoms with Crippen molar-refractivity contribution < 1.29 is 8.42 Å². The van der Waals surface area contributed by atoms with E-state index in [2.05, 4.69) is 61.8 Å². The molecule has 3 aromatic rings. The zero-order valence-corrected chi connectivity index (χ0v) is 20.9. The molecule has 0 radical (unpaired) electrons. The minimum atomic E-state index is -3.49. The zero-order valence-electron chi connectivity index (χ0n) is 20.1. The standard InChI is InChI=1S/C25H36N4O2S/c1-7-15-29-23-14-13-21(32(30,31)28(5)6)16-22(23)27-24(29)17-26-25(18(3)4)20-11-9-19(8-2)10-12-20/h9-14,16,18,25-26H,7-8,15,17H2,1-6H3. The molecular formula is C25H36N4O2S. The monoisotopic (exact) mass is 456 g/mol. The second-order valence-corrected chi connectivity index (χ2v) is 11.0. The molecule has 0 spiro atoms. The van der Waals surface area contributed by atoms with Crippen molar-refractivity contribution in [3.05, 3.63) is 59.4 Å². The van der Waals surface area contributed by atoms with Gasteiger partial charge in [-0.25, -0.2) is 17.7 Å². The molecule has 0 aliphatic rings. The number of rotatable bonds is 10. The summed E-state index contributed by atoms with van der Waals surface area (Å²) in [6.45, 7) is 10.2. The fourth-order valence-corrected chi connectivity index (χ4v) is 4.96. The Bertz CT molecular complexity index is 1150. The quantitative estimate of drug-likeness (QED) is 0.478. The summed E-state index contributed by atoms with van der Waals surface area (Å²) >= 11 is 0. The highest BCUT2D eigenvalue weighted by Crippen LogP contribution is 2.25. The van der Waals surface area contributed by atoms with Crippen LogP contribution in [0.2, 0.25) is 0 Å². The van der Waals surface area contributed by atoms with Crippen LogP contribution >= 0.6 is 0 Å². The second-order valence-electron chi connectivity index (χ2n) is 8.82. The highest BCUT2D eigenvalue weighted by atomic mass is 32.2. The molecule has 32 heavy (non-hydrogen) atoms. The molecule has 1 unspecified atom stereocenters. The van der Waals surface area contributed by atoms with Crippen LogP contribution in [0.15, 0.2) is 47.4 Å². The van der Waals surface area contributed by atoms with E-state index in [4.69, 9.17) is 4.98 Å². The Morgan fingerprint density at radius 1 is 1.06 bits per heavy atom. The molecule has 0 amide bonds. The van der Waals surface area contributed by atoms with E-state index >= 15 is 0 Å². The highest BCUT2D eigenvalue weighted by molar-refractivity contribution is 7.89. The Morgan fingerprint density at radius 2 is 1.75 bits per heavy atom. The van der Waals surface area contributed by atoms with Crippen LogP contribution in [0.25, 0.3) is 11.0 Å². The lowest BCUT2D eigenvalue weighted by Crippen LogP contribution is -2.27. The molecule has 3 rings (SSSR count). The lowest BCUT2D eigenvalue weighted by Gasteiger charge is -2.23. The summed E-state index contributed by atoms with van der Waals surface area (Å²) in [6.07, 6.45) is 2.01. The fourth-order valence-electron chi connectivity index (χ4n) is 4.04. The van der Waals surface area contributed by atoms with Crippen LogP contribution in [-0.2, 0) is 29.5 Å². The zero-order chi connectivity index (χ0) is 23.5. The molecular weight excluding hydrogens is 420 g/mol. The summed E-state index contributed by atoms with van der Waals surface area (Å²) in [5, 5.41) is 3.70. The molecule has 0 aliphatic heterocycles. The van der Waals surface area contributed by atoms with E-state index in [9.17, 15) is 8.42 Å². The van der Waals surface area contributed by atoms with E-state index in [-0.39, 0.29) is 10.9 Å². The lowest BCUT2D eigenvalue weighted by molar-refractivity contribution is 0.402. The van der Waals surface area contributed by atoms with Crippen LogP contribution < -0.4 is 5.32 Å². The average Bonchev–Trinajstić information content (AvgIpc) is 3.11. The molecule has 174 valence electrons.